The van der Waals surface area contributed by atoms with Gasteiger partial charge >= 0.3 is 5.97 Å². The zero-order chi connectivity index (χ0) is 13.1. The molecule has 1 aliphatic rings. The van der Waals surface area contributed by atoms with Gasteiger partial charge in [-0.3, -0.25) is 9.48 Å². The fraction of sp³-hybridized carbons (Fsp3) is 0.364. The van der Waals surface area contributed by atoms with Crippen LogP contribution in [0.2, 0.25) is 0 Å². The Balaban J connectivity index is 2.03. The Labute approximate surface area is 108 Å². The number of amides is 1. The summed E-state index contributed by atoms with van der Waals surface area (Å²) in [5.74, 6) is -0.367. The first kappa shape index (κ1) is 12.7. The molecule has 1 atom stereocenters. The normalized spacial score (nSPS) is 19.6. The van der Waals surface area contributed by atoms with E-state index in [0.29, 0.717) is 11.6 Å². The molecule has 1 aromatic rings. The number of aryl methyl sites for hydroxylation is 1. The van der Waals surface area contributed by atoms with E-state index < -0.39 is 12.0 Å². The molecule has 0 bridgehead atoms. The zero-order valence-corrected chi connectivity index (χ0v) is 10.6. The van der Waals surface area contributed by atoms with Crippen LogP contribution in [0.3, 0.4) is 0 Å². The maximum Gasteiger partial charge on any atom is 0.327 e. The molecule has 96 valence electrons. The first-order valence-electron chi connectivity index (χ1n) is 5.36. The van der Waals surface area contributed by atoms with Gasteiger partial charge in [-0.15, -0.1) is 11.8 Å². The molecule has 18 heavy (non-hydrogen) atoms. The molecule has 2 rings (SSSR count). The number of rotatable bonds is 3. The van der Waals surface area contributed by atoms with Crippen LogP contribution in [0.5, 0.6) is 0 Å². The molecule has 0 radical (unpaired) electrons. The number of hydrogen-bond acceptors (Lipinski definition) is 4. The molecule has 1 aliphatic heterocycles. The summed E-state index contributed by atoms with van der Waals surface area (Å²) in [6, 6.07) is -0.721. The van der Waals surface area contributed by atoms with E-state index in [1.54, 1.807) is 30.2 Å². The third kappa shape index (κ3) is 2.73. The quantitative estimate of drug-likeness (QED) is 0.803. The minimum absolute atomic E-state index is 0.281. The van der Waals surface area contributed by atoms with Crippen LogP contribution < -0.4 is 0 Å². The van der Waals surface area contributed by atoms with Gasteiger partial charge < -0.3 is 10.0 Å². The van der Waals surface area contributed by atoms with Crippen molar-refractivity contribution in [3.05, 3.63) is 24.0 Å². The van der Waals surface area contributed by atoms with Gasteiger partial charge in [0.1, 0.15) is 6.04 Å². The Kier molecular flexibility index (Phi) is 3.71. The average molecular weight is 267 g/mol. The summed E-state index contributed by atoms with van der Waals surface area (Å²) in [7, 11) is 1.79. The molecule has 1 N–H and O–H groups in total. The molecular weight excluding hydrogens is 254 g/mol. The standard InChI is InChI=1S/C11H13N3O3S/c1-13-5-8(4-12-13)2-3-10(15)14-7-18-6-9(14)11(16)17/h2-5,9H,6-7H2,1H3,(H,16,17)/b3-2+. The monoisotopic (exact) mass is 267 g/mol. The minimum Gasteiger partial charge on any atom is -0.480 e. The lowest BCUT2D eigenvalue weighted by Gasteiger charge is -2.18. The number of aliphatic carboxylic acids is 1. The Hall–Kier alpha value is -1.76. The molecule has 1 amide bonds. The van der Waals surface area contributed by atoms with E-state index in [9.17, 15) is 9.59 Å². The summed E-state index contributed by atoms with van der Waals surface area (Å²) < 4.78 is 1.63. The molecule has 0 spiro atoms. The molecule has 7 heteroatoms. The number of carbonyl (C=O) groups is 2. The SMILES string of the molecule is Cn1cc(/C=C/C(=O)N2CSCC2C(=O)O)cn1. The highest BCUT2D eigenvalue weighted by atomic mass is 32.2. The Bertz CT molecular complexity index is 497. The van der Waals surface area contributed by atoms with Crippen molar-refractivity contribution in [3.63, 3.8) is 0 Å². The summed E-state index contributed by atoms with van der Waals surface area (Å²) in [6.45, 7) is 0. The first-order valence-corrected chi connectivity index (χ1v) is 6.51. The number of thioether (sulfide) groups is 1. The lowest BCUT2D eigenvalue weighted by molar-refractivity contribution is -0.146. The van der Waals surface area contributed by atoms with E-state index in [-0.39, 0.29) is 5.91 Å². The van der Waals surface area contributed by atoms with Gasteiger partial charge in [0.05, 0.1) is 12.1 Å². The van der Waals surface area contributed by atoms with Crippen molar-refractivity contribution in [1.82, 2.24) is 14.7 Å². The van der Waals surface area contributed by atoms with Crippen molar-refractivity contribution in [2.24, 2.45) is 7.05 Å². The van der Waals surface area contributed by atoms with E-state index in [2.05, 4.69) is 5.10 Å². The van der Waals surface area contributed by atoms with Gasteiger partial charge in [0.2, 0.25) is 5.91 Å². The third-order valence-corrected chi connectivity index (χ3v) is 3.61. The van der Waals surface area contributed by atoms with E-state index in [4.69, 9.17) is 5.11 Å². The Morgan fingerprint density at radius 3 is 3.00 bits per heavy atom. The fourth-order valence-corrected chi connectivity index (χ4v) is 2.81. The Morgan fingerprint density at radius 2 is 2.39 bits per heavy atom. The number of aromatic nitrogens is 2. The van der Waals surface area contributed by atoms with Crippen LogP contribution in [-0.2, 0) is 16.6 Å². The van der Waals surface area contributed by atoms with E-state index >= 15 is 0 Å². The van der Waals surface area contributed by atoms with Crippen LogP contribution in [0.4, 0.5) is 0 Å². The third-order valence-electron chi connectivity index (χ3n) is 2.59. The summed E-state index contributed by atoms with van der Waals surface area (Å²) in [6.07, 6.45) is 6.43. The molecule has 1 unspecified atom stereocenters. The van der Waals surface area contributed by atoms with Crippen LogP contribution in [-0.4, -0.2) is 49.3 Å². The maximum atomic E-state index is 11.9. The molecule has 1 aromatic heterocycles. The number of carbonyl (C=O) groups excluding carboxylic acids is 1. The summed E-state index contributed by atoms with van der Waals surface area (Å²) >= 11 is 1.45. The highest BCUT2D eigenvalue weighted by Crippen LogP contribution is 2.21. The molecule has 0 aliphatic carbocycles. The lowest BCUT2D eigenvalue weighted by atomic mass is 10.2. The second kappa shape index (κ2) is 5.26. The lowest BCUT2D eigenvalue weighted by Crippen LogP contribution is -2.40. The van der Waals surface area contributed by atoms with Gasteiger partial charge in [-0.2, -0.15) is 5.10 Å². The van der Waals surface area contributed by atoms with Gasteiger partial charge in [-0.25, -0.2) is 4.79 Å². The van der Waals surface area contributed by atoms with Crippen LogP contribution in [0.1, 0.15) is 5.56 Å². The molecule has 6 nitrogen and oxygen atoms in total. The molecule has 0 saturated carbocycles. The van der Waals surface area contributed by atoms with Gasteiger partial charge in [0.15, 0.2) is 0 Å². The number of carboxylic acids is 1. The second-order valence-electron chi connectivity index (χ2n) is 3.94. The highest BCUT2D eigenvalue weighted by molar-refractivity contribution is 7.99. The predicted molar refractivity (Wildman–Crippen MR) is 67.8 cm³/mol. The Morgan fingerprint density at radius 1 is 1.61 bits per heavy atom. The van der Waals surface area contributed by atoms with E-state index in [1.165, 1.54) is 22.7 Å². The van der Waals surface area contributed by atoms with E-state index in [0.717, 1.165) is 5.56 Å². The molecule has 0 aromatic carbocycles. The van der Waals surface area contributed by atoms with Crippen molar-refractivity contribution in [1.29, 1.82) is 0 Å². The summed E-state index contributed by atoms with van der Waals surface area (Å²) in [5.41, 5.74) is 0.810. The topological polar surface area (TPSA) is 75.4 Å². The van der Waals surface area contributed by atoms with Crippen molar-refractivity contribution in [2.45, 2.75) is 6.04 Å². The summed E-state index contributed by atoms with van der Waals surface area (Å²) in [4.78, 5) is 24.2. The first-order chi connectivity index (χ1) is 8.58. The second-order valence-corrected chi connectivity index (χ2v) is 4.94. The van der Waals surface area contributed by atoms with Crippen LogP contribution in [0.15, 0.2) is 18.5 Å². The molecule has 1 fully saturated rings. The number of hydrogen-bond donors (Lipinski definition) is 1. The highest BCUT2D eigenvalue weighted by Gasteiger charge is 2.33. The largest absolute Gasteiger partial charge is 0.480 e. The number of carboxylic acid groups (broad SMARTS) is 1. The van der Waals surface area contributed by atoms with Crippen molar-refractivity contribution >= 4 is 29.7 Å². The summed E-state index contributed by atoms with van der Waals surface area (Å²) in [5, 5.41) is 13.0. The predicted octanol–water partition coefficient (Wildman–Crippen LogP) is 0.419. The molecular formula is C11H13N3O3S. The molecule has 2 heterocycles. The number of nitrogens with zero attached hydrogens (tertiary/aromatic N) is 3. The van der Waals surface area contributed by atoms with Crippen LogP contribution >= 0.6 is 11.8 Å². The maximum absolute atomic E-state index is 11.9. The van der Waals surface area contributed by atoms with Gasteiger partial charge in [-0.05, 0) is 6.08 Å². The van der Waals surface area contributed by atoms with Gasteiger partial charge in [0.25, 0.3) is 0 Å². The van der Waals surface area contributed by atoms with E-state index in [1.807, 2.05) is 0 Å². The zero-order valence-electron chi connectivity index (χ0n) is 9.81. The average Bonchev–Trinajstić information content (AvgIpc) is 2.94. The smallest absolute Gasteiger partial charge is 0.327 e. The van der Waals surface area contributed by atoms with Crippen LogP contribution in [0.25, 0.3) is 6.08 Å². The van der Waals surface area contributed by atoms with Gasteiger partial charge in [0, 0.05) is 30.6 Å². The van der Waals surface area contributed by atoms with Crippen LogP contribution in [0, 0.1) is 0 Å². The van der Waals surface area contributed by atoms with Gasteiger partial charge in [-0.1, -0.05) is 0 Å². The minimum atomic E-state index is -0.955. The van der Waals surface area contributed by atoms with Crippen molar-refractivity contribution in [2.75, 3.05) is 11.6 Å². The van der Waals surface area contributed by atoms with Crippen molar-refractivity contribution < 1.29 is 14.7 Å². The molecule has 1 saturated heterocycles. The fourth-order valence-electron chi connectivity index (χ4n) is 1.65. The van der Waals surface area contributed by atoms with Crippen molar-refractivity contribution in [3.8, 4) is 0 Å².